The molecular formula is C15H17NO. The number of hydrogen-bond donors (Lipinski definition) is 1. The van der Waals surface area contributed by atoms with Crippen LogP contribution in [0.3, 0.4) is 0 Å². The predicted octanol–water partition coefficient (Wildman–Crippen LogP) is 3.14. The first-order valence-electron chi connectivity index (χ1n) is 5.95. The lowest BCUT2D eigenvalue weighted by Crippen LogP contribution is -2.11. The third kappa shape index (κ3) is 2.19. The molecule has 0 spiro atoms. The largest absolute Gasteiger partial charge is 0.325 e. The molecule has 2 nitrogen and oxygen atoms in total. The zero-order valence-corrected chi connectivity index (χ0v) is 10.6. The van der Waals surface area contributed by atoms with Crippen molar-refractivity contribution in [1.82, 2.24) is 0 Å². The SMILES string of the molecule is CC#CCCC1C(=O)Nc2c(C)cc(C)cc21. The van der Waals surface area contributed by atoms with Gasteiger partial charge in [0, 0.05) is 12.1 Å². The molecule has 1 atom stereocenters. The fourth-order valence-electron chi connectivity index (χ4n) is 2.43. The highest BCUT2D eigenvalue weighted by Crippen LogP contribution is 2.38. The molecule has 1 unspecified atom stereocenters. The molecule has 0 aromatic heterocycles. The van der Waals surface area contributed by atoms with Crippen LogP contribution in [0.1, 0.15) is 42.4 Å². The van der Waals surface area contributed by atoms with Crippen molar-refractivity contribution >= 4 is 11.6 Å². The topological polar surface area (TPSA) is 29.1 Å². The van der Waals surface area contributed by atoms with Gasteiger partial charge in [0.2, 0.25) is 5.91 Å². The van der Waals surface area contributed by atoms with Crippen LogP contribution in [0.2, 0.25) is 0 Å². The van der Waals surface area contributed by atoms with Gasteiger partial charge in [0.05, 0.1) is 5.92 Å². The summed E-state index contributed by atoms with van der Waals surface area (Å²) < 4.78 is 0. The van der Waals surface area contributed by atoms with Crippen molar-refractivity contribution in [3.8, 4) is 11.8 Å². The maximum Gasteiger partial charge on any atom is 0.232 e. The summed E-state index contributed by atoms with van der Waals surface area (Å²) in [5, 5.41) is 2.98. The molecule has 0 fully saturated rings. The number of aryl methyl sites for hydroxylation is 2. The number of nitrogens with one attached hydrogen (secondary N) is 1. The van der Waals surface area contributed by atoms with Crippen molar-refractivity contribution in [2.75, 3.05) is 5.32 Å². The lowest BCUT2D eigenvalue weighted by Gasteiger charge is -2.08. The first-order valence-corrected chi connectivity index (χ1v) is 5.95. The van der Waals surface area contributed by atoms with E-state index in [0.717, 1.165) is 29.7 Å². The molecule has 1 aliphatic heterocycles. The molecule has 2 heteroatoms. The number of benzene rings is 1. The Morgan fingerprint density at radius 1 is 1.35 bits per heavy atom. The fraction of sp³-hybridized carbons (Fsp3) is 0.400. The van der Waals surface area contributed by atoms with Crippen molar-refractivity contribution in [1.29, 1.82) is 0 Å². The minimum absolute atomic E-state index is 0.0237. The van der Waals surface area contributed by atoms with Crippen molar-refractivity contribution in [2.24, 2.45) is 0 Å². The molecule has 0 bridgehead atoms. The van der Waals surface area contributed by atoms with E-state index in [2.05, 4.69) is 36.2 Å². The lowest BCUT2D eigenvalue weighted by molar-refractivity contribution is -0.117. The van der Waals surface area contributed by atoms with E-state index in [4.69, 9.17) is 0 Å². The second-order valence-electron chi connectivity index (χ2n) is 4.55. The zero-order chi connectivity index (χ0) is 12.4. The van der Waals surface area contributed by atoms with Crippen molar-refractivity contribution < 1.29 is 4.79 Å². The molecule has 0 saturated heterocycles. The van der Waals surface area contributed by atoms with Crippen LogP contribution in [0.4, 0.5) is 5.69 Å². The second-order valence-corrected chi connectivity index (χ2v) is 4.55. The highest BCUT2D eigenvalue weighted by molar-refractivity contribution is 6.03. The summed E-state index contributed by atoms with van der Waals surface area (Å²) in [6.45, 7) is 5.94. The van der Waals surface area contributed by atoms with Crippen LogP contribution < -0.4 is 5.32 Å². The third-order valence-electron chi connectivity index (χ3n) is 3.19. The van der Waals surface area contributed by atoms with E-state index in [1.54, 1.807) is 0 Å². The van der Waals surface area contributed by atoms with Gasteiger partial charge in [-0.3, -0.25) is 4.79 Å². The Bertz CT molecular complexity index is 520. The summed E-state index contributed by atoms with van der Waals surface area (Å²) in [6.07, 6.45) is 1.59. The summed E-state index contributed by atoms with van der Waals surface area (Å²) >= 11 is 0. The molecule has 0 radical (unpaired) electrons. The van der Waals surface area contributed by atoms with Crippen LogP contribution in [-0.4, -0.2) is 5.91 Å². The molecule has 0 aliphatic carbocycles. The first kappa shape index (κ1) is 11.7. The summed E-state index contributed by atoms with van der Waals surface area (Å²) in [7, 11) is 0. The van der Waals surface area contributed by atoms with Crippen LogP contribution in [0.25, 0.3) is 0 Å². The van der Waals surface area contributed by atoms with Gasteiger partial charge < -0.3 is 5.32 Å². The Morgan fingerprint density at radius 2 is 2.12 bits per heavy atom. The van der Waals surface area contributed by atoms with E-state index in [9.17, 15) is 4.79 Å². The smallest absolute Gasteiger partial charge is 0.232 e. The van der Waals surface area contributed by atoms with Gasteiger partial charge in [-0.15, -0.1) is 11.8 Å². The molecule has 2 rings (SSSR count). The quantitative estimate of drug-likeness (QED) is 0.773. The molecule has 1 amide bonds. The van der Waals surface area contributed by atoms with Gasteiger partial charge in [0.15, 0.2) is 0 Å². The fourth-order valence-corrected chi connectivity index (χ4v) is 2.43. The van der Waals surface area contributed by atoms with E-state index in [0.29, 0.717) is 0 Å². The highest BCUT2D eigenvalue weighted by Gasteiger charge is 2.30. The van der Waals surface area contributed by atoms with Crippen LogP contribution in [0.5, 0.6) is 0 Å². The summed E-state index contributed by atoms with van der Waals surface area (Å²) in [5.41, 5.74) is 4.52. The van der Waals surface area contributed by atoms with Crippen LogP contribution in [0, 0.1) is 25.7 Å². The minimum atomic E-state index is -0.0237. The van der Waals surface area contributed by atoms with Gasteiger partial charge in [0.25, 0.3) is 0 Å². The Hall–Kier alpha value is -1.75. The third-order valence-corrected chi connectivity index (χ3v) is 3.19. The van der Waals surface area contributed by atoms with Crippen LogP contribution in [-0.2, 0) is 4.79 Å². The number of anilines is 1. The van der Waals surface area contributed by atoms with Gasteiger partial charge >= 0.3 is 0 Å². The van der Waals surface area contributed by atoms with Gasteiger partial charge in [-0.2, -0.15) is 0 Å². The molecule has 1 aromatic rings. The van der Waals surface area contributed by atoms with Gasteiger partial charge in [-0.05, 0) is 38.3 Å². The molecular weight excluding hydrogens is 210 g/mol. The molecule has 17 heavy (non-hydrogen) atoms. The predicted molar refractivity (Wildman–Crippen MR) is 70.0 cm³/mol. The average Bonchev–Trinajstić information content (AvgIpc) is 2.57. The lowest BCUT2D eigenvalue weighted by atomic mass is 9.93. The number of fused-ring (bicyclic) bond motifs is 1. The molecule has 1 N–H and O–H groups in total. The zero-order valence-electron chi connectivity index (χ0n) is 10.6. The molecule has 1 heterocycles. The van der Waals surface area contributed by atoms with Crippen molar-refractivity contribution in [3.05, 3.63) is 28.8 Å². The molecule has 1 aromatic carbocycles. The number of amides is 1. The maximum atomic E-state index is 11.9. The summed E-state index contributed by atoms with van der Waals surface area (Å²) in [5.74, 6) is 5.99. The van der Waals surface area contributed by atoms with Crippen LogP contribution >= 0.6 is 0 Å². The normalized spacial score (nSPS) is 17.1. The van der Waals surface area contributed by atoms with E-state index in [1.165, 1.54) is 5.56 Å². The second kappa shape index (κ2) is 4.63. The van der Waals surface area contributed by atoms with E-state index >= 15 is 0 Å². The van der Waals surface area contributed by atoms with Crippen LogP contribution in [0.15, 0.2) is 12.1 Å². The van der Waals surface area contributed by atoms with Crippen molar-refractivity contribution in [2.45, 2.75) is 39.5 Å². The summed E-state index contributed by atoms with van der Waals surface area (Å²) in [4.78, 5) is 11.9. The number of carbonyl (C=O) groups excluding carboxylic acids is 1. The monoisotopic (exact) mass is 227 g/mol. The Balaban J connectivity index is 2.31. The molecule has 88 valence electrons. The van der Waals surface area contributed by atoms with Gasteiger partial charge in [0.1, 0.15) is 0 Å². The Labute approximate surface area is 102 Å². The van der Waals surface area contributed by atoms with E-state index in [1.807, 2.05) is 13.8 Å². The number of hydrogen-bond acceptors (Lipinski definition) is 1. The summed E-state index contributed by atoms with van der Waals surface area (Å²) in [6, 6.07) is 4.22. The Morgan fingerprint density at radius 3 is 2.82 bits per heavy atom. The maximum absolute atomic E-state index is 11.9. The highest BCUT2D eigenvalue weighted by atomic mass is 16.2. The average molecular weight is 227 g/mol. The molecule has 1 aliphatic rings. The molecule has 0 saturated carbocycles. The standard InChI is InChI=1S/C15H17NO/c1-4-5-6-7-12-13-9-10(2)8-11(3)14(13)16-15(12)17/h8-9,12H,6-7H2,1-3H3,(H,16,17). The minimum Gasteiger partial charge on any atom is -0.325 e. The van der Waals surface area contributed by atoms with Gasteiger partial charge in [-0.25, -0.2) is 0 Å². The van der Waals surface area contributed by atoms with E-state index in [-0.39, 0.29) is 11.8 Å². The van der Waals surface area contributed by atoms with Crippen molar-refractivity contribution in [3.63, 3.8) is 0 Å². The first-order chi connectivity index (χ1) is 8.13. The number of rotatable bonds is 2. The van der Waals surface area contributed by atoms with E-state index < -0.39 is 0 Å². The van der Waals surface area contributed by atoms with Gasteiger partial charge in [-0.1, -0.05) is 17.7 Å². The Kier molecular flexibility index (Phi) is 3.19. The number of carbonyl (C=O) groups is 1.